The lowest BCUT2D eigenvalue weighted by atomic mass is 10.1. The molecule has 5 nitrogen and oxygen atoms in total. The first kappa shape index (κ1) is 16.1. The Balaban J connectivity index is 1.56. The van der Waals surface area contributed by atoms with Gasteiger partial charge in [0.15, 0.2) is 0 Å². The predicted octanol–water partition coefficient (Wildman–Crippen LogP) is 5.05. The molecule has 0 saturated heterocycles. The average Bonchev–Trinajstić information content (AvgIpc) is 3.43. The molecule has 0 atom stereocenters. The second kappa shape index (κ2) is 6.58. The summed E-state index contributed by atoms with van der Waals surface area (Å²) in [5.41, 5.74) is 6.48. The highest BCUT2D eigenvalue weighted by Gasteiger charge is 2.16. The van der Waals surface area contributed by atoms with E-state index < -0.39 is 0 Å². The van der Waals surface area contributed by atoms with Crippen LogP contribution in [-0.2, 0) is 0 Å². The quantitative estimate of drug-likeness (QED) is 0.537. The monoisotopic (exact) mass is 357 g/mol. The van der Waals surface area contributed by atoms with Crippen LogP contribution < -0.4 is 5.32 Å². The fourth-order valence-electron chi connectivity index (χ4n) is 4.04. The Bertz CT molecular complexity index is 1070. The molecule has 2 N–H and O–H groups in total. The molecule has 1 aliphatic rings. The van der Waals surface area contributed by atoms with Crippen LogP contribution in [0.1, 0.15) is 31.2 Å². The predicted molar refractivity (Wildman–Crippen MR) is 109 cm³/mol. The van der Waals surface area contributed by atoms with Crippen LogP contribution in [0.15, 0.2) is 55.1 Å². The van der Waals surface area contributed by atoms with Gasteiger partial charge in [0, 0.05) is 35.8 Å². The van der Waals surface area contributed by atoms with Gasteiger partial charge in [-0.15, -0.1) is 0 Å². The molecular weight excluding hydrogens is 334 g/mol. The Labute approximate surface area is 158 Å². The molecule has 136 valence electrons. The molecule has 1 aliphatic carbocycles. The minimum Gasteiger partial charge on any atom is -0.367 e. The number of nitrogens with zero attached hydrogens (tertiary/aromatic N) is 3. The molecule has 0 amide bonds. The third-order valence-corrected chi connectivity index (χ3v) is 5.48. The number of aromatic amines is 1. The topological polar surface area (TPSA) is 58.0 Å². The lowest BCUT2D eigenvalue weighted by Crippen LogP contribution is -2.15. The van der Waals surface area contributed by atoms with Gasteiger partial charge in [-0.05, 0) is 49.6 Å². The molecule has 0 unspecified atom stereocenters. The number of fused-ring (bicyclic) bond motifs is 1. The Morgan fingerprint density at radius 3 is 2.89 bits per heavy atom. The van der Waals surface area contributed by atoms with Gasteiger partial charge in [-0.1, -0.05) is 18.9 Å². The van der Waals surface area contributed by atoms with Crippen molar-refractivity contribution in [2.24, 2.45) is 0 Å². The number of anilines is 1. The summed E-state index contributed by atoms with van der Waals surface area (Å²) in [4.78, 5) is 12.6. The molecule has 5 heteroatoms. The van der Waals surface area contributed by atoms with Gasteiger partial charge < -0.3 is 10.3 Å². The maximum atomic E-state index is 4.87. The molecule has 0 radical (unpaired) electrons. The van der Waals surface area contributed by atoms with Gasteiger partial charge in [-0.3, -0.25) is 4.40 Å². The van der Waals surface area contributed by atoms with E-state index in [0.717, 1.165) is 22.9 Å². The molecule has 1 fully saturated rings. The summed E-state index contributed by atoms with van der Waals surface area (Å²) < 4.78 is 2.14. The van der Waals surface area contributed by atoms with E-state index in [1.165, 1.54) is 42.4 Å². The highest BCUT2D eigenvalue weighted by Crippen LogP contribution is 2.28. The van der Waals surface area contributed by atoms with Crippen molar-refractivity contribution in [2.75, 3.05) is 5.32 Å². The summed E-state index contributed by atoms with van der Waals surface area (Å²) >= 11 is 0. The molecule has 0 aliphatic heterocycles. The van der Waals surface area contributed by atoms with Crippen LogP contribution in [0.4, 0.5) is 5.82 Å². The summed E-state index contributed by atoms with van der Waals surface area (Å²) in [6.45, 7) is 2.13. The second-order valence-electron chi connectivity index (χ2n) is 7.38. The zero-order chi connectivity index (χ0) is 18.2. The second-order valence-corrected chi connectivity index (χ2v) is 7.38. The van der Waals surface area contributed by atoms with Crippen molar-refractivity contribution in [1.29, 1.82) is 0 Å². The molecule has 5 rings (SSSR count). The number of pyridine rings is 2. The molecular formula is C22H23N5. The third kappa shape index (κ3) is 2.99. The molecule has 1 saturated carbocycles. The van der Waals surface area contributed by atoms with Gasteiger partial charge in [-0.25, -0.2) is 9.97 Å². The van der Waals surface area contributed by atoms with Gasteiger partial charge in [0.1, 0.15) is 11.5 Å². The Hall–Kier alpha value is -3.08. The van der Waals surface area contributed by atoms with E-state index in [4.69, 9.17) is 4.98 Å². The minimum atomic E-state index is 0.553. The number of aryl methyl sites for hydroxylation is 1. The van der Waals surface area contributed by atoms with Crippen molar-refractivity contribution in [3.8, 4) is 22.5 Å². The van der Waals surface area contributed by atoms with E-state index in [-0.39, 0.29) is 0 Å². The molecule has 4 aromatic rings. The molecule has 0 aromatic carbocycles. The van der Waals surface area contributed by atoms with Crippen LogP contribution >= 0.6 is 0 Å². The van der Waals surface area contributed by atoms with Crippen LogP contribution in [0.5, 0.6) is 0 Å². The fourth-order valence-corrected chi connectivity index (χ4v) is 4.04. The summed E-state index contributed by atoms with van der Waals surface area (Å²) in [5.74, 6) is 0.951. The lowest BCUT2D eigenvalue weighted by Gasteiger charge is -2.13. The Morgan fingerprint density at radius 2 is 2.07 bits per heavy atom. The normalized spacial score (nSPS) is 14.9. The highest BCUT2D eigenvalue weighted by atomic mass is 15.1. The van der Waals surface area contributed by atoms with Crippen molar-refractivity contribution < 1.29 is 0 Å². The van der Waals surface area contributed by atoms with Crippen molar-refractivity contribution in [2.45, 2.75) is 38.6 Å². The van der Waals surface area contributed by atoms with Crippen LogP contribution in [-0.4, -0.2) is 25.4 Å². The minimum absolute atomic E-state index is 0.553. The summed E-state index contributed by atoms with van der Waals surface area (Å²) in [6.07, 6.45) is 13.1. The molecule has 4 aromatic heterocycles. The van der Waals surface area contributed by atoms with Crippen molar-refractivity contribution >= 4 is 11.5 Å². The van der Waals surface area contributed by atoms with Crippen LogP contribution in [0, 0.1) is 6.92 Å². The highest BCUT2D eigenvalue weighted by molar-refractivity contribution is 5.71. The zero-order valence-corrected chi connectivity index (χ0v) is 15.4. The van der Waals surface area contributed by atoms with E-state index in [9.17, 15) is 0 Å². The number of rotatable bonds is 4. The number of imidazole rings is 1. The smallest absolute Gasteiger partial charge is 0.137 e. The summed E-state index contributed by atoms with van der Waals surface area (Å²) in [6, 6.07) is 11.0. The average molecular weight is 357 g/mol. The van der Waals surface area contributed by atoms with Crippen LogP contribution in [0.3, 0.4) is 0 Å². The fraction of sp³-hybridized carbons (Fsp3) is 0.273. The Kier molecular flexibility index (Phi) is 3.93. The first-order valence-electron chi connectivity index (χ1n) is 9.63. The first-order chi connectivity index (χ1) is 13.3. The van der Waals surface area contributed by atoms with Crippen molar-refractivity contribution in [3.63, 3.8) is 0 Å². The number of nitrogens with one attached hydrogen (secondary N) is 2. The maximum absolute atomic E-state index is 4.87. The van der Waals surface area contributed by atoms with Gasteiger partial charge in [0.2, 0.25) is 0 Å². The molecule has 4 heterocycles. The van der Waals surface area contributed by atoms with Gasteiger partial charge in [0.05, 0.1) is 17.6 Å². The maximum Gasteiger partial charge on any atom is 0.137 e. The van der Waals surface area contributed by atoms with E-state index in [1.807, 2.05) is 18.6 Å². The zero-order valence-electron chi connectivity index (χ0n) is 15.4. The molecule has 0 spiro atoms. The van der Waals surface area contributed by atoms with E-state index in [0.29, 0.717) is 6.04 Å². The SMILES string of the molecule is Cc1cc2ncc(-c3cccc(NC4CCCC4)n3)n2cc1-c1cc[nH]c1. The van der Waals surface area contributed by atoms with E-state index >= 15 is 0 Å². The first-order valence-corrected chi connectivity index (χ1v) is 9.63. The molecule has 27 heavy (non-hydrogen) atoms. The van der Waals surface area contributed by atoms with Crippen LogP contribution in [0.2, 0.25) is 0 Å². The van der Waals surface area contributed by atoms with Crippen molar-refractivity contribution in [3.05, 3.63) is 60.7 Å². The standard InChI is InChI=1S/C22H23N5/c1-15-11-22-24-13-20(27(22)14-18(15)16-9-10-23-12-16)19-7-4-8-21(26-19)25-17-5-2-3-6-17/h4,7-14,17,23H,2-3,5-6H2,1H3,(H,25,26). The van der Waals surface area contributed by atoms with E-state index in [1.54, 1.807) is 0 Å². The van der Waals surface area contributed by atoms with E-state index in [2.05, 4.69) is 63.1 Å². The number of aromatic nitrogens is 4. The number of hydrogen-bond acceptors (Lipinski definition) is 3. The Morgan fingerprint density at radius 1 is 1.19 bits per heavy atom. The largest absolute Gasteiger partial charge is 0.367 e. The van der Waals surface area contributed by atoms with Gasteiger partial charge in [0.25, 0.3) is 0 Å². The molecule has 0 bridgehead atoms. The summed E-state index contributed by atoms with van der Waals surface area (Å²) in [7, 11) is 0. The van der Waals surface area contributed by atoms with Gasteiger partial charge in [-0.2, -0.15) is 0 Å². The lowest BCUT2D eigenvalue weighted by molar-refractivity contribution is 0.751. The summed E-state index contributed by atoms with van der Waals surface area (Å²) in [5, 5.41) is 3.59. The number of hydrogen-bond donors (Lipinski definition) is 2. The van der Waals surface area contributed by atoms with Gasteiger partial charge >= 0.3 is 0 Å². The van der Waals surface area contributed by atoms with Crippen molar-refractivity contribution in [1.82, 2.24) is 19.4 Å². The third-order valence-electron chi connectivity index (χ3n) is 5.48. The van der Waals surface area contributed by atoms with Crippen LogP contribution in [0.25, 0.3) is 28.2 Å². The number of H-pyrrole nitrogens is 1.